The highest BCUT2D eigenvalue weighted by Gasteiger charge is 2.31. The van der Waals surface area contributed by atoms with Gasteiger partial charge in [0.15, 0.2) is 5.78 Å². The van der Waals surface area contributed by atoms with Crippen molar-refractivity contribution in [1.82, 2.24) is 19.7 Å². The minimum Gasteiger partial charge on any atom is -0.360 e. The Balaban J connectivity index is 1.47. The highest BCUT2D eigenvalue weighted by atomic mass is 35.5. The van der Waals surface area contributed by atoms with Gasteiger partial charge in [0, 0.05) is 65.7 Å². The maximum absolute atomic E-state index is 13.1. The fraction of sp³-hybridized carbons (Fsp3) is 0.353. The normalized spacial score (nSPS) is 14.3. The number of ketones is 1. The topological polar surface area (TPSA) is 73.1 Å². The summed E-state index contributed by atoms with van der Waals surface area (Å²) in [6, 6.07) is 14.0. The monoisotopic (exact) mass is 613 g/mol. The molecule has 0 saturated heterocycles. The van der Waals surface area contributed by atoms with Crippen molar-refractivity contribution in [3.63, 3.8) is 0 Å². The molecule has 0 spiro atoms. The quantitative estimate of drug-likeness (QED) is 0.193. The second kappa shape index (κ2) is 11.2. The second-order valence-corrected chi connectivity index (χ2v) is 13.7. The van der Waals surface area contributed by atoms with Gasteiger partial charge >= 0.3 is 0 Å². The minimum absolute atomic E-state index is 0.0374. The number of pyridine rings is 1. The van der Waals surface area contributed by atoms with Gasteiger partial charge in [0.25, 0.3) is 0 Å². The lowest BCUT2D eigenvalue weighted by Gasteiger charge is -2.29. The van der Waals surface area contributed by atoms with E-state index in [0.29, 0.717) is 5.02 Å². The standard InChI is InChI=1S/C34H36ClN5O2S/c1-19-16-26-32(30(22-8-10-24(35)11-9-22)29(19)31(21(3)41)42-34(4,5)6)43-33(37-26)23-12-14-36-28(17-23)40-15-13-27-25(18-40)20(2)38-39(27)7/h8-12,14,16-17,31H,13,15,18H2,1-7H3/t31-/m1/s1. The maximum Gasteiger partial charge on any atom is 0.163 e. The van der Waals surface area contributed by atoms with E-state index >= 15 is 0 Å². The molecule has 3 aromatic heterocycles. The summed E-state index contributed by atoms with van der Waals surface area (Å²) in [6.45, 7) is 13.3. The van der Waals surface area contributed by atoms with Crippen LogP contribution in [0.1, 0.15) is 61.9 Å². The van der Waals surface area contributed by atoms with Gasteiger partial charge in [-0.2, -0.15) is 5.10 Å². The largest absolute Gasteiger partial charge is 0.360 e. The van der Waals surface area contributed by atoms with Crippen LogP contribution in [0.15, 0.2) is 48.7 Å². The van der Waals surface area contributed by atoms with E-state index in [4.69, 9.17) is 26.3 Å². The second-order valence-electron chi connectivity index (χ2n) is 12.3. The van der Waals surface area contributed by atoms with E-state index in [0.717, 1.165) is 74.1 Å². The van der Waals surface area contributed by atoms with Gasteiger partial charge in [-0.25, -0.2) is 9.97 Å². The number of nitrogens with zero attached hydrogens (tertiary/aromatic N) is 5. The molecule has 7 nitrogen and oxygen atoms in total. The number of benzene rings is 2. The average Bonchev–Trinajstić information content (AvgIpc) is 3.51. The van der Waals surface area contributed by atoms with Gasteiger partial charge in [0.2, 0.25) is 0 Å². The van der Waals surface area contributed by atoms with Crippen molar-refractivity contribution in [3.8, 4) is 21.7 Å². The predicted octanol–water partition coefficient (Wildman–Crippen LogP) is 8.04. The first-order chi connectivity index (χ1) is 20.4. The van der Waals surface area contributed by atoms with E-state index in [-0.39, 0.29) is 5.78 Å². The molecule has 1 aliphatic rings. The zero-order valence-corrected chi connectivity index (χ0v) is 27.2. The van der Waals surface area contributed by atoms with Crippen molar-refractivity contribution in [3.05, 3.63) is 81.8 Å². The Morgan fingerprint density at radius 3 is 2.53 bits per heavy atom. The summed E-state index contributed by atoms with van der Waals surface area (Å²) in [6.07, 6.45) is 2.08. The number of aryl methyl sites for hydroxylation is 3. The van der Waals surface area contributed by atoms with Crippen LogP contribution < -0.4 is 4.90 Å². The molecule has 0 aliphatic carbocycles. The first kappa shape index (κ1) is 29.5. The van der Waals surface area contributed by atoms with Crippen molar-refractivity contribution in [1.29, 1.82) is 0 Å². The number of carbonyl (C=O) groups is 1. The van der Waals surface area contributed by atoms with Gasteiger partial charge in [-0.05, 0) is 83.0 Å². The molecule has 222 valence electrons. The summed E-state index contributed by atoms with van der Waals surface area (Å²) < 4.78 is 9.41. The Morgan fingerprint density at radius 1 is 1.09 bits per heavy atom. The van der Waals surface area contributed by atoms with Crippen LogP contribution in [0.4, 0.5) is 5.82 Å². The van der Waals surface area contributed by atoms with Crippen LogP contribution in [0.25, 0.3) is 31.9 Å². The summed E-state index contributed by atoms with van der Waals surface area (Å²) in [5.41, 5.74) is 8.82. The molecule has 0 bridgehead atoms. The number of halogens is 1. The molecule has 4 heterocycles. The Hall–Kier alpha value is -3.59. The number of fused-ring (bicyclic) bond motifs is 2. The number of anilines is 1. The fourth-order valence-corrected chi connectivity index (χ4v) is 7.22. The maximum atomic E-state index is 13.1. The number of hydrogen-bond donors (Lipinski definition) is 0. The molecule has 1 aliphatic heterocycles. The molecule has 2 aromatic carbocycles. The van der Waals surface area contributed by atoms with Crippen LogP contribution in [0.3, 0.4) is 0 Å². The predicted molar refractivity (Wildman–Crippen MR) is 175 cm³/mol. The van der Waals surface area contributed by atoms with Crippen LogP contribution in [-0.2, 0) is 29.5 Å². The van der Waals surface area contributed by atoms with Gasteiger partial charge in [-0.3, -0.25) is 9.48 Å². The lowest BCUT2D eigenvalue weighted by molar-refractivity contribution is -0.138. The van der Waals surface area contributed by atoms with E-state index in [1.807, 2.05) is 76.0 Å². The number of thiazole rings is 1. The molecular weight excluding hydrogens is 578 g/mol. The summed E-state index contributed by atoms with van der Waals surface area (Å²) in [5.74, 6) is 0.889. The third-order valence-electron chi connectivity index (χ3n) is 7.92. The molecular formula is C34H36ClN5O2S. The molecule has 0 amide bonds. The molecule has 5 aromatic rings. The summed E-state index contributed by atoms with van der Waals surface area (Å²) in [4.78, 5) is 25.3. The number of ether oxygens (including phenoxy) is 1. The van der Waals surface area contributed by atoms with E-state index in [1.165, 1.54) is 11.3 Å². The smallest absolute Gasteiger partial charge is 0.163 e. The lowest BCUT2D eigenvalue weighted by Crippen LogP contribution is -2.31. The molecule has 9 heteroatoms. The van der Waals surface area contributed by atoms with Crippen LogP contribution in [0.2, 0.25) is 5.02 Å². The summed E-state index contributed by atoms with van der Waals surface area (Å²) >= 11 is 7.91. The van der Waals surface area contributed by atoms with Crippen LogP contribution in [-0.4, -0.2) is 37.7 Å². The van der Waals surface area contributed by atoms with E-state index in [2.05, 4.69) is 29.1 Å². The first-order valence-corrected chi connectivity index (χ1v) is 15.7. The van der Waals surface area contributed by atoms with Crippen molar-refractivity contribution in [2.45, 2.75) is 66.2 Å². The molecule has 0 unspecified atom stereocenters. The fourth-order valence-electron chi connectivity index (χ4n) is 5.97. The average molecular weight is 614 g/mol. The number of rotatable bonds is 6. The van der Waals surface area contributed by atoms with Crippen LogP contribution in [0, 0.1) is 13.8 Å². The van der Waals surface area contributed by atoms with Gasteiger partial charge in [0.05, 0.1) is 21.5 Å². The Kier molecular flexibility index (Phi) is 7.65. The van der Waals surface area contributed by atoms with Crippen molar-refractivity contribution in [2.75, 3.05) is 11.4 Å². The minimum atomic E-state index is -0.715. The van der Waals surface area contributed by atoms with Crippen molar-refractivity contribution >= 4 is 44.8 Å². The molecule has 0 saturated carbocycles. The number of carbonyl (C=O) groups excluding carboxylic acids is 1. The molecule has 0 radical (unpaired) electrons. The van der Waals surface area contributed by atoms with Gasteiger partial charge in [-0.15, -0.1) is 11.3 Å². The third-order valence-corrected chi connectivity index (χ3v) is 9.31. The molecule has 43 heavy (non-hydrogen) atoms. The first-order valence-electron chi connectivity index (χ1n) is 14.5. The zero-order valence-electron chi connectivity index (χ0n) is 25.7. The Bertz CT molecular complexity index is 1850. The Morgan fingerprint density at radius 2 is 1.84 bits per heavy atom. The zero-order chi connectivity index (χ0) is 30.6. The van der Waals surface area contributed by atoms with Crippen molar-refractivity contribution < 1.29 is 9.53 Å². The van der Waals surface area contributed by atoms with E-state index < -0.39 is 11.7 Å². The van der Waals surface area contributed by atoms with Crippen LogP contribution in [0.5, 0.6) is 0 Å². The van der Waals surface area contributed by atoms with Crippen LogP contribution >= 0.6 is 22.9 Å². The number of aromatic nitrogens is 4. The molecule has 0 fully saturated rings. The number of Topliss-reactive ketones (excluding diaryl/α,β-unsaturated/α-hetero) is 1. The summed E-state index contributed by atoms with van der Waals surface area (Å²) in [5, 5.41) is 6.19. The lowest BCUT2D eigenvalue weighted by atomic mass is 9.90. The van der Waals surface area contributed by atoms with Gasteiger partial charge in [0.1, 0.15) is 16.9 Å². The summed E-state index contributed by atoms with van der Waals surface area (Å²) in [7, 11) is 2.02. The van der Waals surface area contributed by atoms with Gasteiger partial charge in [-0.1, -0.05) is 23.7 Å². The van der Waals surface area contributed by atoms with Crippen molar-refractivity contribution in [2.24, 2.45) is 7.05 Å². The van der Waals surface area contributed by atoms with Gasteiger partial charge < -0.3 is 9.64 Å². The highest BCUT2D eigenvalue weighted by Crippen LogP contribution is 2.44. The molecule has 0 N–H and O–H groups in total. The third kappa shape index (κ3) is 5.71. The molecule has 1 atom stereocenters. The molecule has 6 rings (SSSR count). The SMILES string of the molecule is CC(=O)[C@@H](OC(C)(C)C)c1c(C)cc2nc(-c3ccnc(N4CCc5c(c(C)nn5C)C4)c3)sc2c1-c1ccc(Cl)cc1. The van der Waals surface area contributed by atoms with E-state index in [9.17, 15) is 4.79 Å². The number of hydrogen-bond acceptors (Lipinski definition) is 7. The van der Waals surface area contributed by atoms with E-state index in [1.54, 1.807) is 18.3 Å². The Labute approximate surface area is 261 Å². The highest BCUT2D eigenvalue weighted by molar-refractivity contribution is 7.22.